The van der Waals surface area contributed by atoms with E-state index in [-0.39, 0.29) is 11.3 Å². The molecule has 0 spiro atoms. The largest absolute Gasteiger partial charge is 0.457 e. The minimum atomic E-state index is -0.269. The van der Waals surface area contributed by atoms with Gasteiger partial charge in [-0.3, -0.25) is 10.1 Å². The summed E-state index contributed by atoms with van der Waals surface area (Å²) in [4.78, 5) is 12.7. The van der Waals surface area contributed by atoms with Gasteiger partial charge in [0.05, 0.1) is 5.56 Å². The molecule has 1 aromatic heterocycles. The summed E-state index contributed by atoms with van der Waals surface area (Å²) in [5, 5.41) is 12.4. The highest BCUT2D eigenvalue weighted by Crippen LogP contribution is 2.28. The molecule has 0 aliphatic rings. The molecule has 0 fully saturated rings. The lowest BCUT2D eigenvalue weighted by Crippen LogP contribution is -2.12. The Balaban J connectivity index is 1.74. The van der Waals surface area contributed by atoms with Crippen LogP contribution in [0.5, 0.6) is 11.5 Å². The van der Waals surface area contributed by atoms with Crippen LogP contribution in [0.2, 0.25) is 0 Å². The van der Waals surface area contributed by atoms with Crippen molar-refractivity contribution in [3.05, 3.63) is 65.2 Å². The van der Waals surface area contributed by atoms with Gasteiger partial charge in [0.2, 0.25) is 5.13 Å². The molecule has 0 aliphatic carbocycles. The molecule has 6 heteroatoms. The Morgan fingerprint density at radius 2 is 1.73 bits per heavy atom. The quantitative estimate of drug-likeness (QED) is 0.675. The van der Waals surface area contributed by atoms with E-state index >= 15 is 0 Å². The molecule has 1 N–H and O–H groups in total. The number of hydrogen-bond acceptors (Lipinski definition) is 5. The van der Waals surface area contributed by atoms with Crippen molar-refractivity contribution >= 4 is 22.4 Å². The number of nitrogens with one attached hydrogen (secondary N) is 1. The first-order valence-electron chi connectivity index (χ1n) is 8.36. The summed E-state index contributed by atoms with van der Waals surface area (Å²) in [5.41, 5.74) is 0.570. The minimum Gasteiger partial charge on any atom is -0.457 e. The Hall–Kier alpha value is -2.73. The molecule has 0 aliphatic heterocycles. The van der Waals surface area contributed by atoms with Crippen LogP contribution in [0.4, 0.5) is 5.13 Å². The van der Waals surface area contributed by atoms with Crippen LogP contribution in [-0.2, 0) is 6.42 Å². The number of carbonyl (C=O) groups is 1. The molecule has 0 radical (unpaired) electrons. The smallest absolute Gasteiger partial charge is 0.261 e. The monoisotopic (exact) mass is 367 g/mol. The van der Waals surface area contributed by atoms with Gasteiger partial charge in [0.25, 0.3) is 5.91 Å². The van der Waals surface area contributed by atoms with E-state index in [0.717, 1.165) is 11.4 Å². The second kappa shape index (κ2) is 7.66. The van der Waals surface area contributed by atoms with E-state index in [0.29, 0.717) is 22.2 Å². The highest BCUT2D eigenvalue weighted by Gasteiger charge is 2.18. The van der Waals surface area contributed by atoms with Gasteiger partial charge in [-0.05, 0) is 29.7 Å². The Morgan fingerprint density at radius 3 is 2.46 bits per heavy atom. The van der Waals surface area contributed by atoms with E-state index in [1.807, 2.05) is 36.4 Å². The van der Waals surface area contributed by atoms with E-state index < -0.39 is 0 Å². The molecule has 0 bridgehead atoms. The molecule has 2 aromatic carbocycles. The zero-order chi connectivity index (χ0) is 18.6. The number of carbonyl (C=O) groups excluding carboxylic acids is 1. The molecular formula is C20H21N3O2S. The molecule has 0 saturated heterocycles. The van der Waals surface area contributed by atoms with Crippen LogP contribution in [0.15, 0.2) is 54.6 Å². The van der Waals surface area contributed by atoms with Gasteiger partial charge in [-0.2, -0.15) is 0 Å². The zero-order valence-corrected chi connectivity index (χ0v) is 15.8. The third-order valence-electron chi connectivity index (χ3n) is 3.47. The number of anilines is 1. The highest BCUT2D eigenvalue weighted by molar-refractivity contribution is 7.15. The van der Waals surface area contributed by atoms with Crippen molar-refractivity contribution in [2.75, 3.05) is 5.32 Å². The number of ether oxygens (including phenoxy) is 1. The van der Waals surface area contributed by atoms with E-state index in [9.17, 15) is 4.79 Å². The normalized spacial score (nSPS) is 11.2. The van der Waals surface area contributed by atoms with E-state index in [2.05, 4.69) is 36.3 Å². The lowest BCUT2D eigenvalue weighted by molar-refractivity contribution is 0.102. The van der Waals surface area contributed by atoms with Gasteiger partial charge in [-0.1, -0.05) is 62.4 Å². The summed E-state index contributed by atoms with van der Waals surface area (Å²) in [7, 11) is 0. The fraction of sp³-hybridized carbons (Fsp3) is 0.250. The van der Waals surface area contributed by atoms with Crippen LogP contribution >= 0.6 is 11.3 Å². The van der Waals surface area contributed by atoms with Crippen molar-refractivity contribution in [1.82, 2.24) is 10.2 Å². The van der Waals surface area contributed by atoms with Crippen molar-refractivity contribution in [3.8, 4) is 11.5 Å². The topological polar surface area (TPSA) is 64.1 Å². The molecule has 134 valence electrons. The van der Waals surface area contributed by atoms with Gasteiger partial charge in [0.1, 0.15) is 16.5 Å². The third kappa shape index (κ3) is 4.89. The highest BCUT2D eigenvalue weighted by atomic mass is 32.1. The van der Waals surface area contributed by atoms with Crippen LogP contribution in [-0.4, -0.2) is 16.1 Å². The number of rotatable bonds is 5. The summed E-state index contributed by atoms with van der Waals surface area (Å²) in [6.07, 6.45) is 0.814. The van der Waals surface area contributed by atoms with Crippen LogP contribution in [0.1, 0.15) is 36.1 Å². The molecule has 0 unspecified atom stereocenters. The summed E-state index contributed by atoms with van der Waals surface area (Å²) in [6, 6.07) is 16.5. The Bertz CT molecular complexity index is 885. The van der Waals surface area contributed by atoms with Crippen molar-refractivity contribution in [2.45, 2.75) is 27.2 Å². The third-order valence-corrected chi connectivity index (χ3v) is 4.31. The van der Waals surface area contributed by atoms with Crippen LogP contribution in [0.3, 0.4) is 0 Å². The van der Waals surface area contributed by atoms with Crippen molar-refractivity contribution in [1.29, 1.82) is 0 Å². The van der Waals surface area contributed by atoms with Crippen molar-refractivity contribution in [2.24, 2.45) is 5.41 Å². The lowest BCUT2D eigenvalue weighted by Gasteiger charge is -2.14. The van der Waals surface area contributed by atoms with Crippen LogP contribution in [0, 0.1) is 5.41 Å². The second-order valence-electron chi connectivity index (χ2n) is 7.10. The van der Waals surface area contributed by atoms with Crippen LogP contribution < -0.4 is 10.1 Å². The number of hydrogen-bond donors (Lipinski definition) is 1. The number of aromatic nitrogens is 2. The summed E-state index contributed by atoms with van der Waals surface area (Å²) in [5.74, 6) is 0.904. The molecule has 1 amide bonds. The Kier molecular flexibility index (Phi) is 5.32. The number of benzene rings is 2. The van der Waals surface area contributed by atoms with Gasteiger partial charge >= 0.3 is 0 Å². The molecule has 5 nitrogen and oxygen atoms in total. The van der Waals surface area contributed by atoms with Crippen molar-refractivity contribution < 1.29 is 9.53 Å². The maximum absolute atomic E-state index is 12.7. The van der Waals surface area contributed by atoms with E-state index in [4.69, 9.17) is 4.74 Å². The first kappa shape index (κ1) is 18.1. The predicted octanol–water partition coefficient (Wildman–Crippen LogP) is 5.17. The summed E-state index contributed by atoms with van der Waals surface area (Å²) < 4.78 is 5.85. The molecule has 3 aromatic rings. The molecule has 0 atom stereocenters. The fourth-order valence-electron chi connectivity index (χ4n) is 2.35. The van der Waals surface area contributed by atoms with Gasteiger partial charge < -0.3 is 4.74 Å². The molecule has 26 heavy (non-hydrogen) atoms. The fourth-order valence-corrected chi connectivity index (χ4v) is 3.39. The average Bonchev–Trinajstić information content (AvgIpc) is 3.01. The maximum Gasteiger partial charge on any atom is 0.261 e. The van der Waals surface area contributed by atoms with E-state index in [1.165, 1.54) is 11.3 Å². The number of para-hydroxylation sites is 2. The number of nitrogens with zero attached hydrogens (tertiary/aromatic N) is 2. The van der Waals surface area contributed by atoms with E-state index in [1.54, 1.807) is 18.2 Å². The van der Waals surface area contributed by atoms with Gasteiger partial charge in [0.15, 0.2) is 0 Å². The molecule has 0 saturated carbocycles. The first-order valence-corrected chi connectivity index (χ1v) is 9.18. The minimum absolute atomic E-state index is 0.122. The Labute approximate surface area is 157 Å². The molecular weight excluding hydrogens is 346 g/mol. The summed E-state index contributed by atoms with van der Waals surface area (Å²) in [6.45, 7) is 6.43. The first-order chi connectivity index (χ1) is 12.4. The van der Waals surface area contributed by atoms with Gasteiger partial charge in [-0.15, -0.1) is 10.2 Å². The molecule has 1 heterocycles. The Morgan fingerprint density at radius 1 is 1.04 bits per heavy atom. The number of amides is 1. The van der Waals surface area contributed by atoms with Crippen LogP contribution in [0.25, 0.3) is 0 Å². The predicted molar refractivity (Wildman–Crippen MR) is 104 cm³/mol. The zero-order valence-electron chi connectivity index (χ0n) is 15.0. The van der Waals surface area contributed by atoms with Crippen molar-refractivity contribution in [3.63, 3.8) is 0 Å². The van der Waals surface area contributed by atoms with Gasteiger partial charge in [0, 0.05) is 6.42 Å². The maximum atomic E-state index is 12.7. The van der Waals surface area contributed by atoms with Gasteiger partial charge in [-0.25, -0.2) is 0 Å². The summed E-state index contributed by atoms with van der Waals surface area (Å²) >= 11 is 1.40. The SMILES string of the molecule is CC(C)(C)Cc1nnc(NC(=O)c2ccccc2Oc2ccccc2)s1. The lowest BCUT2D eigenvalue weighted by atomic mass is 9.93. The average molecular weight is 367 g/mol. The second-order valence-corrected chi connectivity index (χ2v) is 8.17. The molecule has 3 rings (SSSR count). The standard InChI is InChI=1S/C20H21N3O2S/c1-20(2,3)13-17-22-23-19(26-17)21-18(24)15-11-7-8-12-16(15)25-14-9-5-4-6-10-14/h4-12H,13H2,1-3H3,(H,21,23,24).